The Bertz CT molecular complexity index is 339. The molecule has 0 saturated heterocycles. The van der Waals surface area contributed by atoms with Gasteiger partial charge in [0.2, 0.25) is 0 Å². The molecule has 1 rings (SSSR count). The molecule has 0 aromatic heterocycles. The van der Waals surface area contributed by atoms with E-state index in [1.165, 1.54) is 5.57 Å². The molecule has 1 nitrogen and oxygen atoms in total. The van der Waals surface area contributed by atoms with Gasteiger partial charge in [0.15, 0.2) is 0 Å². The van der Waals surface area contributed by atoms with Gasteiger partial charge in [-0.2, -0.15) is 0 Å². The third-order valence-electron chi connectivity index (χ3n) is 2.03. The fourth-order valence-corrected chi connectivity index (χ4v) is 1.45. The Balaban J connectivity index is 2.97. The van der Waals surface area contributed by atoms with Crippen molar-refractivity contribution in [1.29, 1.82) is 0 Å². The van der Waals surface area contributed by atoms with Gasteiger partial charge in [-0.25, -0.2) is 0 Å². The minimum Gasteiger partial charge on any atom is -0.327 e. The van der Waals surface area contributed by atoms with Crippen LogP contribution in [0.3, 0.4) is 0 Å². The number of hydrogen-bond acceptors (Lipinski definition) is 1. The normalized spacial score (nSPS) is 11.9. The molecule has 14 heavy (non-hydrogen) atoms. The lowest BCUT2D eigenvalue weighted by Gasteiger charge is -2.02. The highest BCUT2D eigenvalue weighted by molar-refractivity contribution is 6.42. The molecular weight excluding hydrogens is 217 g/mol. The van der Waals surface area contributed by atoms with Crippen LogP contribution in [-0.4, -0.2) is 6.54 Å². The highest BCUT2D eigenvalue weighted by atomic mass is 35.5. The molecule has 3 heteroatoms. The van der Waals surface area contributed by atoms with Crippen LogP contribution >= 0.6 is 23.2 Å². The molecule has 0 fully saturated rings. The van der Waals surface area contributed by atoms with Crippen LogP contribution in [0.1, 0.15) is 18.9 Å². The van der Waals surface area contributed by atoms with Gasteiger partial charge in [0, 0.05) is 6.54 Å². The maximum absolute atomic E-state index is 5.89. The highest BCUT2D eigenvalue weighted by Gasteiger charge is 1.98. The molecule has 0 radical (unpaired) electrons. The molecule has 0 heterocycles. The number of hydrogen-bond donors (Lipinski definition) is 1. The molecule has 1 aromatic carbocycles. The Hall–Kier alpha value is -0.500. The summed E-state index contributed by atoms with van der Waals surface area (Å²) in [5.41, 5.74) is 7.81. The van der Waals surface area contributed by atoms with E-state index in [1.54, 1.807) is 6.07 Å². The smallest absolute Gasteiger partial charge is 0.0598 e. The second-order valence-corrected chi connectivity index (χ2v) is 3.85. The predicted octanol–water partition coefficient (Wildman–Crippen LogP) is 3.75. The van der Waals surface area contributed by atoms with E-state index in [0.29, 0.717) is 16.6 Å². The number of benzene rings is 1. The zero-order valence-electron chi connectivity index (χ0n) is 8.06. The second kappa shape index (κ2) is 5.40. The minimum absolute atomic E-state index is 0.577. The Morgan fingerprint density at radius 2 is 2.07 bits per heavy atom. The molecule has 0 unspecified atom stereocenters. The summed E-state index contributed by atoms with van der Waals surface area (Å²) in [6.45, 7) is 2.66. The first kappa shape index (κ1) is 11.6. The molecule has 0 spiro atoms. The number of rotatable bonds is 3. The quantitative estimate of drug-likeness (QED) is 0.840. The van der Waals surface area contributed by atoms with Crippen molar-refractivity contribution >= 4 is 29.3 Å². The molecule has 0 bridgehead atoms. The third-order valence-corrected chi connectivity index (χ3v) is 2.77. The fraction of sp³-hybridized carbons (Fsp3) is 0.273. The van der Waals surface area contributed by atoms with Gasteiger partial charge in [0.25, 0.3) is 0 Å². The van der Waals surface area contributed by atoms with E-state index < -0.39 is 0 Å². The molecular formula is C11H13Cl2N. The van der Waals surface area contributed by atoms with Crippen molar-refractivity contribution in [3.63, 3.8) is 0 Å². The van der Waals surface area contributed by atoms with Crippen LogP contribution < -0.4 is 5.73 Å². The SMILES string of the molecule is CCC(=Cc1ccc(Cl)c(Cl)c1)CN. The van der Waals surface area contributed by atoms with Crippen molar-refractivity contribution in [2.75, 3.05) is 6.54 Å². The summed E-state index contributed by atoms with van der Waals surface area (Å²) in [6, 6.07) is 5.56. The van der Waals surface area contributed by atoms with E-state index in [4.69, 9.17) is 28.9 Å². The average molecular weight is 230 g/mol. The number of nitrogens with two attached hydrogens (primary N) is 1. The van der Waals surface area contributed by atoms with Gasteiger partial charge in [-0.15, -0.1) is 0 Å². The van der Waals surface area contributed by atoms with E-state index >= 15 is 0 Å². The molecule has 0 aliphatic carbocycles. The maximum Gasteiger partial charge on any atom is 0.0598 e. The largest absolute Gasteiger partial charge is 0.327 e. The van der Waals surface area contributed by atoms with E-state index in [2.05, 4.69) is 6.92 Å². The summed E-state index contributed by atoms with van der Waals surface area (Å²) in [6.07, 6.45) is 3.00. The Kier molecular flexibility index (Phi) is 4.46. The lowest BCUT2D eigenvalue weighted by molar-refractivity contribution is 1.02. The van der Waals surface area contributed by atoms with E-state index in [9.17, 15) is 0 Å². The van der Waals surface area contributed by atoms with Gasteiger partial charge >= 0.3 is 0 Å². The first-order valence-corrected chi connectivity index (χ1v) is 5.27. The van der Waals surface area contributed by atoms with Crippen LogP contribution in [-0.2, 0) is 0 Å². The Labute approximate surface area is 94.5 Å². The minimum atomic E-state index is 0.577. The van der Waals surface area contributed by atoms with Gasteiger partial charge in [0.05, 0.1) is 10.0 Å². The van der Waals surface area contributed by atoms with Crippen molar-refractivity contribution in [2.45, 2.75) is 13.3 Å². The zero-order chi connectivity index (χ0) is 10.6. The molecule has 0 aliphatic heterocycles. The first-order chi connectivity index (χ1) is 6.67. The number of halogens is 2. The summed E-state index contributed by atoms with van der Waals surface area (Å²) < 4.78 is 0. The van der Waals surface area contributed by atoms with Gasteiger partial charge < -0.3 is 5.73 Å². The standard InChI is InChI=1S/C11H13Cl2N/c1-2-8(7-14)5-9-3-4-10(12)11(13)6-9/h3-6H,2,7,14H2,1H3. The summed E-state index contributed by atoms with van der Waals surface area (Å²) >= 11 is 11.7. The molecule has 76 valence electrons. The molecule has 2 N–H and O–H groups in total. The summed E-state index contributed by atoms with van der Waals surface area (Å²) in [5.74, 6) is 0. The maximum atomic E-state index is 5.89. The van der Waals surface area contributed by atoms with Crippen LogP contribution in [0.25, 0.3) is 6.08 Å². The van der Waals surface area contributed by atoms with Crippen molar-refractivity contribution in [3.8, 4) is 0 Å². The van der Waals surface area contributed by atoms with Crippen molar-refractivity contribution in [1.82, 2.24) is 0 Å². The van der Waals surface area contributed by atoms with Gasteiger partial charge in [-0.3, -0.25) is 0 Å². The predicted molar refractivity (Wildman–Crippen MR) is 63.8 cm³/mol. The van der Waals surface area contributed by atoms with Crippen molar-refractivity contribution in [2.24, 2.45) is 5.73 Å². The zero-order valence-corrected chi connectivity index (χ0v) is 9.57. The molecule has 0 amide bonds. The van der Waals surface area contributed by atoms with Crippen molar-refractivity contribution in [3.05, 3.63) is 39.4 Å². The molecule has 0 atom stereocenters. The Morgan fingerprint density at radius 3 is 2.57 bits per heavy atom. The van der Waals surface area contributed by atoms with E-state index in [-0.39, 0.29) is 0 Å². The van der Waals surface area contributed by atoms with Gasteiger partial charge in [-0.1, -0.05) is 47.8 Å². The van der Waals surface area contributed by atoms with Gasteiger partial charge in [-0.05, 0) is 24.1 Å². The highest BCUT2D eigenvalue weighted by Crippen LogP contribution is 2.23. The first-order valence-electron chi connectivity index (χ1n) is 4.52. The summed E-state index contributed by atoms with van der Waals surface area (Å²) in [7, 11) is 0. The fourth-order valence-electron chi connectivity index (χ4n) is 1.14. The summed E-state index contributed by atoms with van der Waals surface area (Å²) in [4.78, 5) is 0. The van der Waals surface area contributed by atoms with Crippen LogP contribution in [0, 0.1) is 0 Å². The second-order valence-electron chi connectivity index (χ2n) is 3.03. The lowest BCUT2D eigenvalue weighted by Crippen LogP contribution is -2.01. The topological polar surface area (TPSA) is 26.0 Å². The van der Waals surface area contributed by atoms with Gasteiger partial charge in [0.1, 0.15) is 0 Å². The summed E-state index contributed by atoms with van der Waals surface area (Å²) in [5, 5.41) is 1.16. The van der Waals surface area contributed by atoms with Crippen LogP contribution in [0.5, 0.6) is 0 Å². The third kappa shape index (κ3) is 3.02. The molecule has 1 aromatic rings. The van der Waals surface area contributed by atoms with Crippen LogP contribution in [0.2, 0.25) is 10.0 Å². The van der Waals surface area contributed by atoms with E-state index in [0.717, 1.165) is 12.0 Å². The van der Waals surface area contributed by atoms with Crippen LogP contribution in [0.15, 0.2) is 23.8 Å². The van der Waals surface area contributed by atoms with Crippen molar-refractivity contribution < 1.29 is 0 Å². The van der Waals surface area contributed by atoms with E-state index in [1.807, 2.05) is 18.2 Å². The molecule has 0 aliphatic rings. The monoisotopic (exact) mass is 229 g/mol. The molecule has 0 saturated carbocycles. The Morgan fingerprint density at radius 1 is 1.36 bits per heavy atom. The lowest BCUT2D eigenvalue weighted by atomic mass is 10.1. The van der Waals surface area contributed by atoms with Crippen LogP contribution in [0.4, 0.5) is 0 Å². The average Bonchev–Trinajstić information content (AvgIpc) is 2.19.